The van der Waals surface area contributed by atoms with Gasteiger partial charge < -0.3 is 10.4 Å². The van der Waals surface area contributed by atoms with E-state index in [4.69, 9.17) is 5.11 Å². The van der Waals surface area contributed by atoms with Crippen molar-refractivity contribution in [3.05, 3.63) is 62.8 Å². The molecule has 2 aromatic heterocycles. The maximum Gasteiger partial charge on any atom is 0.355 e. The highest BCUT2D eigenvalue weighted by atomic mass is 32.1. The summed E-state index contributed by atoms with van der Waals surface area (Å²) in [5.41, 5.74) is 2.39. The summed E-state index contributed by atoms with van der Waals surface area (Å²) in [4.78, 5) is 28.8. The Bertz CT molecular complexity index is 997. The number of nitrogens with one attached hydrogen (secondary N) is 2. The largest absolute Gasteiger partial charge is 0.476 e. The molecular weight excluding hydrogens is 418 g/mol. The van der Waals surface area contributed by atoms with Crippen molar-refractivity contribution < 1.29 is 14.7 Å². The molecule has 0 unspecified atom stereocenters. The van der Waals surface area contributed by atoms with E-state index in [9.17, 15) is 9.59 Å². The SMILES string of the molecule is CCCCCCc1ccccc1NCc1ccc(C(=O)Nc2nc(C(=O)O)cs2)s1. The van der Waals surface area contributed by atoms with Crippen molar-refractivity contribution in [3.8, 4) is 0 Å². The van der Waals surface area contributed by atoms with Crippen molar-refractivity contribution in [1.82, 2.24) is 4.98 Å². The van der Waals surface area contributed by atoms with Crippen LogP contribution in [-0.2, 0) is 13.0 Å². The molecule has 8 heteroatoms. The summed E-state index contributed by atoms with van der Waals surface area (Å²) in [7, 11) is 0. The third kappa shape index (κ3) is 6.14. The molecule has 0 atom stereocenters. The van der Waals surface area contributed by atoms with Crippen LogP contribution in [0.1, 0.15) is 63.2 Å². The molecule has 1 aromatic carbocycles. The van der Waals surface area contributed by atoms with Crippen LogP contribution in [0.2, 0.25) is 0 Å². The minimum atomic E-state index is -1.11. The van der Waals surface area contributed by atoms with Crippen LogP contribution in [-0.4, -0.2) is 22.0 Å². The molecule has 3 aromatic rings. The van der Waals surface area contributed by atoms with Crippen molar-refractivity contribution in [2.75, 3.05) is 10.6 Å². The van der Waals surface area contributed by atoms with Gasteiger partial charge in [0.2, 0.25) is 0 Å². The molecule has 0 bridgehead atoms. The van der Waals surface area contributed by atoms with Crippen LogP contribution >= 0.6 is 22.7 Å². The fourth-order valence-corrected chi connectivity index (χ4v) is 4.54. The molecule has 0 aliphatic heterocycles. The number of hydrogen-bond donors (Lipinski definition) is 3. The molecule has 0 saturated heterocycles. The Morgan fingerprint density at radius 2 is 1.93 bits per heavy atom. The molecule has 30 heavy (non-hydrogen) atoms. The van der Waals surface area contributed by atoms with Crippen LogP contribution < -0.4 is 10.6 Å². The Hall–Kier alpha value is -2.71. The molecule has 6 nitrogen and oxygen atoms in total. The zero-order chi connectivity index (χ0) is 21.3. The molecule has 0 radical (unpaired) electrons. The van der Waals surface area contributed by atoms with Crippen LogP contribution in [0, 0.1) is 0 Å². The molecule has 0 saturated carbocycles. The number of thiazole rings is 1. The lowest BCUT2D eigenvalue weighted by molar-refractivity contribution is 0.0691. The number of anilines is 2. The number of amides is 1. The molecule has 3 N–H and O–H groups in total. The molecule has 1 amide bonds. The first-order valence-electron chi connectivity index (χ1n) is 9.97. The van der Waals surface area contributed by atoms with Gasteiger partial charge in [-0.05, 0) is 36.6 Å². The first-order chi connectivity index (χ1) is 14.6. The number of carboxylic acid groups (broad SMARTS) is 1. The van der Waals surface area contributed by atoms with E-state index >= 15 is 0 Å². The zero-order valence-electron chi connectivity index (χ0n) is 16.8. The second kappa shape index (κ2) is 10.9. The Labute approximate surface area is 184 Å². The number of rotatable bonds is 11. The minimum absolute atomic E-state index is 0.0697. The van der Waals surface area contributed by atoms with Gasteiger partial charge in [-0.15, -0.1) is 22.7 Å². The van der Waals surface area contributed by atoms with Gasteiger partial charge in [-0.3, -0.25) is 10.1 Å². The molecular formula is C22H25N3O3S2. The second-order valence-corrected chi connectivity index (χ2v) is 8.91. The second-order valence-electron chi connectivity index (χ2n) is 6.88. The number of aryl methyl sites for hydroxylation is 1. The zero-order valence-corrected chi connectivity index (χ0v) is 18.4. The predicted molar refractivity (Wildman–Crippen MR) is 123 cm³/mol. The average molecular weight is 444 g/mol. The van der Waals surface area contributed by atoms with Gasteiger partial charge in [0.1, 0.15) is 0 Å². The molecule has 0 spiro atoms. The highest BCUT2D eigenvalue weighted by Gasteiger charge is 2.14. The van der Waals surface area contributed by atoms with Gasteiger partial charge in [-0.25, -0.2) is 9.78 Å². The number of para-hydroxylation sites is 1. The summed E-state index contributed by atoms with van der Waals surface area (Å²) in [5, 5.41) is 16.8. The van der Waals surface area contributed by atoms with Crippen molar-refractivity contribution >= 4 is 45.4 Å². The van der Waals surface area contributed by atoms with Crippen molar-refractivity contribution in [1.29, 1.82) is 0 Å². The van der Waals surface area contributed by atoms with Crippen molar-refractivity contribution in [3.63, 3.8) is 0 Å². The molecule has 0 aliphatic carbocycles. The van der Waals surface area contributed by atoms with E-state index in [0.717, 1.165) is 28.3 Å². The molecule has 0 fully saturated rings. The molecule has 158 valence electrons. The molecule has 0 aliphatic rings. The smallest absolute Gasteiger partial charge is 0.355 e. The maximum atomic E-state index is 12.4. The number of carbonyl (C=O) groups excluding carboxylic acids is 1. The summed E-state index contributed by atoms with van der Waals surface area (Å²) in [5.74, 6) is -1.39. The summed E-state index contributed by atoms with van der Waals surface area (Å²) in [6, 6.07) is 12.1. The number of unbranched alkanes of at least 4 members (excludes halogenated alkanes) is 3. The van der Waals surface area contributed by atoms with Crippen LogP contribution in [0.15, 0.2) is 41.8 Å². The Kier molecular flexibility index (Phi) is 7.98. The van der Waals surface area contributed by atoms with Gasteiger partial charge in [0.25, 0.3) is 5.91 Å². The predicted octanol–water partition coefficient (Wildman–Crippen LogP) is 5.89. The topological polar surface area (TPSA) is 91.3 Å². The third-order valence-electron chi connectivity index (χ3n) is 4.60. The highest BCUT2D eigenvalue weighted by molar-refractivity contribution is 7.15. The summed E-state index contributed by atoms with van der Waals surface area (Å²) < 4.78 is 0. The van der Waals surface area contributed by atoms with E-state index in [2.05, 4.69) is 40.7 Å². The number of aromatic carboxylic acids is 1. The summed E-state index contributed by atoms with van der Waals surface area (Å²) >= 11 is 2.50. The minimum Gasteiger partial charge on any atom is -0.476 e. The fraction of sp³-hybridized carbons (Fsp3) is 0.318. The van der Waals surface area contributed by atoms with Gasteiger partial charge >= 0.3 is 5.97 Å². The Balaban J connectivity index is 1.55. The van der Waals surface area contributed by atoms with Crippen molar-refractivity contribution in [2.45, 2.75) is 45.6 Å². The van der Waals surface area contributed by atoms with Crippen molar-refractivity contribution in [2.24, 2.45) is 0 Å². The average Bonchev–Trinajstić information content (AvgIpc) is 3.40. The van der Waals surface area contributed by atoms with Crippen LogP contribution in [0.5, 0.6) is 0 Å². The van der Waals surface area contributed by atoms with Gasteiger partial charge in [-0.1, -0.05) is 44.4 Å². The number of carboxylic acids is 1. The van der Waals surface area contributed by atoms with Crippen LogP contribution in [0.3, 0.4) is 0 Å². The molecule has 2 heterocycles. The van der Waals surface area contributed by atoms with E-state index in [1.54, 1.807) is 6.07 Å². The molecule has 3 rings (SSSR count). The van der Waals surface area contributed by atoms with Crippen LogP contribution in [0.25, 0.3) is 0 Å². The van der Waals surface area contributed by atoms with E-state index in [0.29, 0.717) is 11.4 Å². The summed E-state index contributed by atoms with van der Waals surface area (Å²) in [6.45, 7) is 2.86. The van der Waals surface area contributed by atoms with Gasteiger partial charge in [0.15, 0.2) is 10.8 Å². The monoisotopic (exact) mass is 443 g/mol. The fourth-order valence-electron chi connectivity index (χ4n) is 3.02. The first kappa shape index (κ1) is 22.0. The quantitative estimate of drug-likeness (QED) is 0.321. The number of thiophene rings is 1. The van der Waals surface area contributed by atoms with Crippen LogP contribution in [0.4, 0.5) is 10.8 Å². The lowest BCUT2D eigenvalue weighted by atomic mass is 10.0. The third-order valence-corrected chi connectivity index (χ3v) is 6.44. The van der Waals surface area contributed by atoms with E-state index in [1.165, 1.54) is 48.0 Å². The number of nitrogens with zero attached hydrogens (tertiary/aromatic N) is 1. The number of benzene rings is 1. The van der Waals surface area contributed by atoms with Gasteiger partial charge in [0, 0.05) is 22.5 Å². The van der Waals surface area contributed by atoms with Gasteiger partial charge in [0.05, 0.1) is 4.88 Å². The first-order valence-corrected chi connectivity index (χ1v) is 11.7. The lowest BCUT2D eigenvalue weighted by Gasteiger charge is -2.11. The number of aromatic nitrogens is 1. The normalized spacial score (nSPS) is 10.7. The van der Waals surface area contributed by atoms with E-state index in [1.807, 2.05) is 12.1 Å². The Morgan fingerprint density at radius 3 is 2.70 bits per heavy atom. The number of carbonyl (C=O) groups is 2. The maximum absolute atomic E-state index is 12.4. The lowest BCUT2D eigenvalue weighted by Crippen LogP contribution is -2.10. The van der Waals surface area contributed by atoms with E-state index in [-0.39, 0.29) is 16.7 Å². The highest BCUT2D eigenvalue weighted by Crippen LogP contribution is 2.23. The Morgan fingerprint density at radius 1 is 1.10 bits per heavy atom. The van der Waals surface area contributed by atoms with E-state index < -0.39 is 5.97 Å². The standard InChI is InChI=1S/C22H25N3O3S2/c1-2-3-4-5-8-15-9-6-7-10-17(15)23-13-16-11-12-19(30-16)20(26)25-22-24-18(14-29-22)21(27)28/h6-7,9-12,14,23H,2-5,8,13H2,1H3,(H,27,28)(H,24,25,26). The number of hydrogen-bond acceptors (Lipinski definition) is 6. The summed E-state index contributed by atoms with van der Waals surface area (Å²) in [6.07, 6.45) is 6.01. The van der Waals surface area contributed by atoms with Gasteiger partial charge in [-0.2, -0.15) is 0 Å².